The maximum Gasteiger partial charge on any atom is 0.164 e. The molecule has 4 aromatic carbocycles. The van der Waals surface area contributed by atoms with E-state index in [-0.39, 0.29) is 0 Å². The lowest BCUT2D eigenvalue weighted by Gasteiger charge is -2.57. The summed E-state index contributed by atoms with van der Waals surface area (Å²) >= 11 is 0. The van der Waals surface area contributed by atoms with Gasteiger partial charge in [0.05, 0.1) is 11.6 Å². The largest absolute Gasteiger partial charge is 0.265 e. The van der Waals surface area contributed by atoms with Crippen molar-refractivity contribution in [3.8, 4) is 51.4 Å². The molecule has 4 fully saturated rings. The van der Waals surface area contributed by atoms with Gasteiger partial charge in [0.1, 0.15) is 0 Å². The number of benzene rings is 4. The van der Waals surface area contributed by atoms with Gasteiger partial charge >= 0.3 is 0 Å². The molecule has 5 nitrogen and oxygen atoms in total. The highest BCUT2D eigenvalue weighted by Gasteiger charge is 2.51. The van der Waals surface area contributed by atoms with Crippen LogP contribution in [-0.2, 0) is 5.41 Å². The predicted molar refractivity (Wildman–Crippen MR) is 181 cm³/mol. The molecule has 0 amide bonds. The van der Waals surface area contributed by atoms with E-state index in [1.54, 1.807) is 0 Å². The molecule has 6 aromatic rings. The summed E-state index contributed by atoms with van der Waals surface area (Å²) in [4.78, 5) is 19.4. The highest BCUT2D eigenvalue weighted by molar-refractivity contribution is 5.98. The van der Waals surface area contributed by atoms with Crippen molar-refractivity contribution in [3.05, 3.63) is 121 Å². The van der Waals surface area contributed by atoms with Crippen LogP contribution in [0.5, 0.6) is 0 Å². The number of rotatable bonds is 5. The summed E-state index contributed by atoms with van der Waals surface area (Å²) in [6.07, 6.45) is 12.0. The topological polar surface area (TPSA) is 75.3 Å². The fourth-order valence-corrected chi connectivity index (χ4v) is 9.18. The molecule has 0 unspecified atom stereocenters. The molecule has 4 saturated carbocycles. The summed E-state index contributed by atoms with van der Waals surface area (Å²) in [5.74, 6) is 4.59. The SMILES string of the molecule is N#Cc1cccc2c(-c3nc(-c4ccc(C56CC7CC(CC(C7)C5)C6)cc4)nc(-c4cccc(-c5ccncc5)c4)n3)cccc12. The first-order chi connectivity index (χ1) is 22.6. The van der Waals surface area contributed by atoms with Crippen molar-refractivity contribution in [2.24, 2.45) is 17.8 Å². The minimum atomic E-state index is 0.345. The zero-order valence-electron chi connectivity index (χ0n) is 25.6. The van der Waals surface area contributed by atoms with Crippen molar-refractivity contribution in [2.45, 2.75) is 43.9 Å². The Balaban J connectivity index is 1.17. The second-order valence-corrected chi connectivity index (χ2v) is 13.7. The summed E-state index contributed by atoms with van der Waals surface area (Å²) in [7, 11) is 0. The van der Waals surface area contributed by atoms with Crippen LogP contribution in [0.4, 0.5) is 0 Å². The second-order valence-electron chi connectivity index (χ2n) is 13.7. The van der Waals surface area contributed by atoms with Gasteiger partial charge in [0, 0.05) is 34.5 Å². The van der Waals surface area contributed by atoms with E-state index in [1.165, 1.54) is 44.1 Å². The molecule has 2 heterocycles. The number of nitrogens with zero attached hydrogens (tertiary/aromatic N) is 5. The number of hydrogen-bond acceptors (Lipinski definition) is 5. The lowest BCUT2D eigenvalue weighted by molar-refractivity contribution is -0.00518. The van der Waals surface area contributed by atoms with Crippen LogP contribution in [0.15, 0.2) is 109 Å². The molecular formula is C41H33N5. The molecule has 4 aliphatic rings. The van der Waals surface area contributed by atoms with Crippen molar-refractivity contribution in [1.82, 2.24) is 19.9 Å². The maximum atomic E-state index is 9.80. The van der Waals surface area contributed by atoms with Gasteiger partial charge in [-0.1, -0.05) is 72.8 Å². The highest BCUT2D eigenvalue weighted by Crippen LogP contribution is 2.60. The van der Waals surface area contributed by atoms with E-state index in [9.17, 15) is 5.26 Å². The van der Waals surface area contributed by atoms with Crippen molar-refractivity contribution in [3.63, 3.8) is 0 Å². The molecule has 46 heavy (non-hydrogen) atoms. The number of aromatic nitrogens is 4. The summed E-state index contributed by atoms with van der Waals surface area (Å²) in [5, 5.41) is 11.6. The van der Waals surface area contributed by atoms with Crippen molar-refractivity contribution in [1.29, 1.82) is 5.26 Å². The van der Waals surface area contributed by atoms with Gasteiger partial charge < -0.3 is 0 Å². The Morgan fingerprint density at radius 1 is 0.565 bits per heavy atom. The van der Waals surface area contributed by atoms with Gasteiger partial charge in [0.25, 0.3) is 0 Å². The molecule has 0 spiro atoms. The molecule has 0 aliphatic heterocycles. The molecule has 4 aliphatic carbocycles. The van der Waals surface area contributed by atoms with E-state index in [4.69, 9.17) is 15.0 Å². The van der Waals surface area contributed by atoms with E-state index in [1.807, 2.05) is 67.0 Å². The first kappa shape index (κ1) is 27.1. The number of fused-ring (bicyclic) bond motifs is 1. The fourth-order valence-electron chi connectivity index (χ4n) is 9.18. The van der Waals surface area contributed by atoms with Crippen molar-refractivity contribution >= 4 is 10.8 Å². The van der Waals surface area contributed by atoms with Crippen LogP contribution < -0.4 is 0 Å². The monoisotopic (exact) mass is 595 g/mol. The average Bonchev–Trinajstić information content (AvgIpc) is 3.11. The van der Waals surface area contributed by atoms with E-state index >= 15 is 0 Å². The van der Waals surface area contributed by atoms with Crippen molar-refractivity contribution < 1.29 is 0 Å². The zero-order chi connectivity index (χ0) is 30.7. The molecule has 5 heteroatoms. The highest BCUT2D eigenvalue weighted by atomic mass is 15.0. The molecule has 222 valence electrons. The third-order valence-corrected chi connectivity index (χ3v) is 10.8. The van der Waals surface area contributed by atoms with Gasteiger partial charge in [-0.25, -0.2) is 15.0 Å². The molecule has 0 radical (unpaired) electrons. The van der Waals surface area contributed by atoms with Crippen LogP contribution in [0.25, 0.3) is 56.1 Å². The number of hydrogen-bond donors (Lipinski definition) is 0. The normalized spacial score (nSPS) is 23.0. The Morgan fingerprint density at radius 3 is 1.89 bits per heavy atom. The van der Waals surface area contributed by atoms with E-state index < -0.39 is 0 Å². The average molecular weight is 596 g/mol. The third kappa shape index (κ3) is 4.60. The van der Waals surface area contributed by atoms with E-state index in [0.717, 1.165) is 56.3 Å². The maximum absolute atomic E-state index is 9.80. The van der Waals surface area contributed by atoms with Crippen LogP contribution in [0.1, 0.15) is 49.7 Å². The molecular weight excluding hydrogens is 562 g/mol. The third-order valence-electron chi connectivity index (χ3n) is 10.8. The Hall–Kier alpha value is -5.21. The van der Waals surface area contributed by atoms with Gasteiger partial charge in [-0.05, 0) is 108 Å². The van der Waals surface area contributed by atoms with Gasteiger partial charge in [-0.2, -0.15) is 5.26 Å². The van der Waals surface area contributed by atoms with Gasteiger partial charge in [0.2, 0.25) is 0 Å². The van der Waals surface area contributed by atoms with E-state index in [0.29, 0.717) is 28.5 Å². The molecule has 2 aromatic heterocycles. The van der Waals surface area contributed by atoms with Crippen LogP contribution in [0, 0.1) is 29.1 Å². The smallest absolute Gasteiger partial charge is 0.164 e. The van der Waals surface area contributed by atoms with E-state index in [2.05, 4.69) is 53.5 Å². The standard InChI is InChI=1S/C41H33N5/c42-25-33-6-2-8-36-35(33)7-3-9-37(36)40-45-38(44-39(46-40)32-5-1-4-31(21-32)29-14-16-43-17-15-29)30-10-12-34(13-11-30)41-22-26-18-27(23-41)20-28(19-26)24-41/h1-17,21,26-28H,18-20,22-24H2. The van der Waals surface area contributed by atoms with Gasteiger partial charge in [-0.15, -0.1) is 0 Å². The first-order valence-electron chi connectivity index (χ1n) is 16.4. The zero-order valence-corrected chi connectivity index (χ0v) is 25.6. The number of pyridine rings is 1. The number of nitriles is 1. The summed E-state index contributed by atoms with van der Waals surface area (Å²) < 4.78 is 0. The van der Waals surface area contributed by atoms with Gasteiger partial charge in [-0.3, -0.25) is 4.98 Å². The van der Waals surface area contributed by atoms with Crippen LogP contribution in [0.3, 0.4) is 0 Å². The van der Waals surface area contributed by atoms with Crippen molar-refractivity contribution in [2.75, 3.05) is 0 Å². The molecule has 0 saturated heterocycles. The van der Waals surface area contributed by atoms with Crippen LogP contribution >= 0.6 is 0 Å². The Bertz CT molecular complexity index is 2110. The first-order valence-corrected chi connectivity index (χ1v) is 16.4. The minimum Gasteiger partial charge on any atom is -0.265 e. The predicted octanol–water partition coefficient (Wildman–Crippen LogP) is 9.43. The molecule has 10 rings (SSSR count). The molecule has 0 N–H and O–H groups in total. The fraction of sp³-hybridized carbons (Fsp3) is 0.244. The van der Waals surface area contributed by atoms with Crippen LogP contribution in [0.2, 0.25) is 0 Å². The molecule has 4 bridgehead atoms. The summed E-state index contributed by atoms with van der Waals surface area (Å²) in [6.45, 7) is 0. The second kappa shape index (κ2) is 10.7. The van der Waals surface area contributed by atoms with Gasteiger partial charge in [0.15, 0.2) is 17.5 Å². The minimum absolute atomic E-state index is 0.345. The Morgan fingerprint density at radius 2 is 1.17 bits per heavy atom. The van der Waals surface area contributed by atoms with Crippen LogP contribution in [-0.4, -0.2) is 19.9 Å². The quantitative estimate of drug-likeness (QED) is 0.198. The Kier molecular flexibility index (Phi) is 6.31. The summed E-state index contributed by atoms with van der Waals surface area (Å²) in [6, 6.07) is 35.7. The summed E-state index contributed by atoms with van der Waals surface area (Å²) in [5.41, 5.74) is 7.43. The lowest BCUT2D eigenvalue weighted by Crippen LogP contribution is -2.48. The lowest BCUT2D eigenvalue weighted by atomic mass is 9.48. The molecule has 0 atom stereocenters. The Labute approximate surface area is 269 Å².